The van der Waals surface area contributed by atoms with Crippen molar-refractivity contribution < 1.29 is 19.4 Å². The molecule has 1 heterocycles. The van der Waals surface area contributed by atoms with Crippen molar-refractivity contribution in [2.45, 2.75) is 13.3 Å². The van der Waals surface area contributed by atoms with Gasteiger partial charge in [0.2, 0.25) is 0 Å². The zero-order chi connectivity index (χ0) is 17.8. The number of aromatic nitrogens is 2. The molecular formula is C19H16N2O4. The van der Waals surface area contributed by atoms with Gasteiger partial charge < -0.3 is 9.84 Å². The Bertz CT molecular complexity index is 916. The number of hydrogen-bond acceptors (Lipinski definition) is 4. The number of carboxylic acids is 1. The first-order valence-electron chi connectivity index (χ1n) is 7.67. The highest BCUT2D eigenvalue weighted by Crippen LogP contribution is 2.32. The lowest BCUT2D eigenvalue weighted by atomic mass is 10.0. The predicted molar refractivity (Wildman–Crippen MR) is 91.6 cm³/mol. The summed E-state index contributed by atoms with van der Waals surface area (Å²) in [5.41, 5.74) is 2.77. The third-order valence-corrected chi connectivity index (χ3v) is 3.57. The maximum absolute atomic E-state index is 11.4. The van der Waals surface area contributed by atoms with Gasteiger partial charge in [0.15, 0.2) is 0 Å². The monoisotopic (exact) mass is 336 g/mol. The van der Waals surface area contributed by atoms with Gasteiger partial charge in [0.1, 0.15) is 5.75 Å². The van der Waals surface area contributed by atoms with Gasteiger partial charge in [0, 0.05) is 12.5 Å². The molecule has 6 nitrogen and oxygen atoms in total. The number of para-hydroxylation sites is 1. The van der Waals surface area contributed by atoms with E-state index in [1.54, 1.807) is 35.1 Å². The molecule has 2 aromatic carbocycles. The number of carbonyl (C=O) groups is 2. The molecule has 25 heavy (non-hydrogen) atoms. The summed E-state index contributed by atoms with van der Waals surface area (Å²) in [5.74, 6) is -1.01. The summed E-state index contributed by atoms with van der Waals surface area (Å²) in [5, 5.41) is 13.4. The van der Waals surface area contributed by atoms with E-state index >= 15 is 0 Å². The molecular weight excluding hydrogens is 320 g/mol. The fourth-order valence-electron chi connectivity index (χ4n) is 2.59. The average Bonchev–Trinajstić information content (AvgIpc) is 3.05. The van der Waals surface area contributed by atoms with Gasteiger partial charge in [0.05, 0.1) is 24.0 Å². The minimum absolute atomic E-state index is 0.118. The van der Waals surface area contributed by atoms with Gasteiger partial charge in [-0.15, -0.1) is 0 Å². The van der Waals surface area contributed by atoms with Crippen LogP contribution in [0, 0.1) is 0 Å². The minimum Gasteiger partial charge on any atom is -0.481 e. The third kappa shape index (κ3) is 3.74. The van der Waals surface area contributed by atoms with Gasteiger partial charge in [-0.25, -0.2) is 4.68 Å². The summed E-state index contributed by atoms with van der Waals surface area (Å²) in [6.45, 7) is 1.32. The molecule has 1 N–H and O–H groups in total. The van der Waals surface area contributed by atoms with E-state index in [-0.39, 0.29) is 6.42 Å². The molecule has 0 radical (unpaired) electrons. The topological polar surface area (TPSA) is 81.4 Å². The second-order valence-electron chi connectivity index (χ2n) is 5.46. The van der Waals surface area contributed by atoms with Crippen LogP contribution in [-0.2, 0) is 16.0 Å². The van der Waals surface area contributed by atoms with Crippen molar-refractivity contribution in [1.82, 2.24) is 9.78 Å². The lowest BCUT2D eigenvalue weighted by Crippen LogP contribution is -2.06. The van der Waals surface area contributed by atoms with E-state index in [1.807, 2.05) is 30.3 Å². The summed E-state index contributed by atoms with van der Waals surface area (Å²) in [4.78, 5) is 22.4. The molecule has 0 atom stereocenters. The quantitative estimate of drug-likeness (QED) is 0.572. The third-order valence-electron chi connectivity index (χ3n) is 3.57. The van der Waals surface area contributed by atoms with Crippen molar-refractivity contribution >= 4 is 11.9 Å². The standard InChI is InChI=1S/C19H16N2O4/c1-13(22)25-18-8-7-14(12-19(23)24)11-16(18)17-9-10-20-21(17)15-5-3-2-4-6-15/h2-11H,12H2,1H3,(H,23,24). The highest BCUT2D eigenvalue weighted by Gasteiger charge is 2.15. The second kappa shape index (κ2) is 7.00. The summed E-state index contributed by atoms with van der Waals surface area (Å²) in [7, 11) is 0. The number of rotatable bonds is 5. The first-order valence-corrected chi connectivity index (χ1v) is 7.67. The van der Waals surface area contributed by atoms with Crippen LogP contribution in [0.2, 0.25) is 0 Å². The van der Waals surface area contributed by atoms with Crippen molar-refractivity contribution in [3.05, 3.63) is 66.4 Å². The van der Waals surface area contributed by atoms with E-state index < -0.39 is 11.9 Å². The van der Waals surface area contributed by atoms with E-state index in [9.17, 15) is 9.59 Å². The van der Waals surface area contributed by atoms with E-state index in [1.165, 1.54) is 6.92 Å². The van der Waals surface area contributed by atoms with Crippen molar-refractivity contribution in [2.24, 2.45) is 0 Å². The smallest absolute Gasteiger partial charge is 0.308 e. The molecule has 0 saturated carbocycles. The molecule has 0 bridgehead atoms. The van der Waals surface area contributed by atoms with Crippen LogP contribution in [0.5, 0.6) is 5.75 Å². The molecule has 0 fully saturated rings. The maximum Gasteiger partial charge on any atom is 0.308 e. The van der Waals surface area contributed by atoms with Crippen LogP contribution in [0.1, 0.15) is 12.5 Å². The number of esters is 1. The Kier molecular flexibility index (Phi) is 4.61. The van der Waals surface area contributed by atoms with Crippen LogP contribution >= 0.6 is 0 Å². The van der Waals surface area contributed by atoms with Gasteiger partial charge >= 0.3 is 11.9 Å². The van der Waals surface area contributed by atoms with E-state index in [0.717, 1.165) is 5.69 Å². The fourth-order valence-corrected chi connectivity index (χ4v) is 2.59. The van der Waals surface area contributed by atoms with Crippen LogP contribution < -0.4 is 4.74 Å². The molecule has 0 unspecified atom stereocenters. The molecule has 126 valence electrons. The fraction of sp³-hybridized carbons (Fsp3) is 0.105. The maximum atomic E-state index is 11.4. The van der Waals surface area contributed by atoms with Gasteiger partial charge in [-0.3, -0.25) is 9.59 Å². The first-order chi connectivity index (χ1) is 12.0. The molecule has 0 saturated heterocycles. The van der Waals surface area contributed by atoms with Gasteiger partial charge in [-0.2, -0.15) is 5.10 Å². The Morgan fingerprint density at radius 2 is 1.88 bits per heavy atom. The molecule has 3 rings (SSSR count). The molecule has 1 aromatic heterocycles. The normalized spacial score (nSPS) is 10.4. The van der Waals surface area contributed by atoms with Crippen molar-refractivity contribution in [2.75, 3.05) is 0 Å². The summed E-state index contributed by atoms with van der Waals surface area (Å²) in [6, 6.07) is 16.3. The van der Waals surface area contributed by atoms with Gasteiger partial charge in [0.25, 0.3) is 0 Å². The number of benzene rings is 2. The van der Waals surface area contributed by atoms with Crippen LogP contribution in [0.3, 0.4) is 0 Å². The average molecular weight is 336 g/mol. The van der Waals surface area contributed by atoms with Crippen molar-refractivity contribution in [3.63, 3.8) is 0 Å². The number of aliphatic carboxylic acids is 1. The Balaban J connectivity index is 2.13. The number of ether oxygens (including phenoxy) is 1. The summed E-state index contributed by atoms with van der Waals surface area (Å²) in [6.07, 6.45) is 1.52. The van der Waals surface area contributed by atoms with E-state index in [2.05, 4.69) is 5.10 Å². The van der Waals surface area contributed by atoms with Crippen molar-refractivity contribution in [3.8, 4) is 22.7 Å². The molecule has 0 spiro atoms. The Labute approximate surface area is 144 Å². The van der Waals surface area contributed by atoms with Gasteiger partial charge in [-0.1, -0.05) is 24.3 Å². The van der Waals surface area contributed by atoms with E-state index in [4.69, 9.17) is 9.84 Å². The van der Waals surface area contributed by atoms with E-state index in [0.29, 0.717) is 22.6 Å². The first kappa shape index (κ1) is 16.4. The van der Waals surface area contributed by atoms with Crippen LogP contribution in [-0.4, -0.2) is 26.8 Å². The molecule has 0 aliphatic heterocycles. The van der Waals surface area contributed by atoms with Gasteiger partial charge in [-0.05, 0) is 35.9 Å². The molecule has 0 aliphatic carbocycles. The summed E-state index contributed by atoms with van der Waals surface area (Å²) < 4.78 is 7.01. The minimum atomic E-state index is -0.928. The van der Waals surface area contributed by atoms with Crippen LogP contribution in [0.25, 0.3) is 16.9 Å². The Morgan fingerprint density at radius 3 is 2.56 bits per heavy atom. The Hall–Kier alpha value is -3.41. The second-order valence-corrected chi connectivity index (χ2v) is 5.46. The van der Waals surface area contributed by atoms with Crippen molar-refractivity contribution in [1.29, 1.82) is 0 Å². The highest BCUT2D eigenvalue weighted by molar-refractivity contribution is 5.78. The number of hydrogen-bond donors (Lipinski definition) is 1. The van der Waals surface area contributed by atoms with Crippen LogP contribution in [0.4, 0.5) is 0 Å². The zero-order valence-corrected chi connectivity index (χ0v) is 13.5. The van der Waals surface area contributed by atoms with Crippen LogP contribution in [0.15, 0.2) is 60.8 Å². The summed E-state index contributed by atoms with van der Waals surface area (Å²) >= 11 is 0. The zero-order valence-electron chi connectivity index (χ0n) is 13.5. The molecule has 3 aromatic rings. The predicted octanol–water partition coefficient (Wildman–Crippen LogP) is 3.09. The lowest BCUT2D eigenvalue weighted by Gasteiger charge is -2.13. The number of carboxylic acid groups (broad SMARTS) is 1. The SMILES string of the molecule is CC(=O)Oc1ccc(CC(=O)O)cc1-c1ccnn1-c1ccccc1. The highest BCUT2D eigenvalue weighted by atomic mass is 16.5. The number of carbonyl (C=O) groups excluding carboxylic acids is 1. The molecule has 0 aliphatic rings. The molecule has 0 amide bonds. The lowest BCUT2D eigenvalue weighted by molar-refractivity contribution is -0.136. The largest absolute Gasteiger partial charge is 0.481 e. The number of nitrogens with zero attached hydrogens (tertiary/aromatic N) is 2. The Morgan fingerprint density at radius 1 is 1.12 bits per heavy atom. The molecule has 6 heteroatoms.